The summed E-state index contributed by atoms with van der Waals surface area (Å²) < 4.78 is 85.2. The molecule has 0 saturated heterocycles. The van der Waals surface area contributed by atoms with E-state index in [1.807, 2.05) is 6.92 Å². The van der Waals surface area contributed by atoms with Crippen LogP contribution in [0.5, 0.6) is 0 Å². The van der Waals surface area contributed by atoms with Crippen LogP contribution in [0.25, 0.3) is 0 Å². The third-order valence-electron chi connectivity index (χ3n) is 10.5. The van der Waals surface area contributed by atoms with Gasteiger partial charge in [0.2, 0.25) is 0 Å². The topological polar surface area (TPSA) is 92.8 Å². The smallest absolute Gasteiger partial charge is 0.426 e. The van der Waals surface area contributed by atoms with Crippen molar-refractivity contribution in [1.82, 2.24) is 0 Å². The molecular formula is C26H37F6NO4. The fourth-order valence-corrected chi connectivity index (χ4v) is 8.47. The summed E-state index contributed by atoms with van der Waals surface area (Å²) in [6.45, 7) is 3.93. The van der Waals surface area contributed by atoms with Gasteiger partial charge in [-0.05, 0) is 79.4 Å². The number of ether oxygens (including phenoxy) is 1. The normalized spacial score (nSPS) is 39.2. The summed E-state index contributed by atoms with van der Waals surface area (Å²) in [4.78, 5) is 11.7. The first-order valence-electron chi connectivity index (χ1n) is 13.1. The Morgan fingerprint density at radius 2 is 1.73 bits per heavy atom. The summed E-state index contributed by atoms with van der Waals surface area (Å²) in [7, 11) is 0. The second kappa shape index (κ2) is 9.40. The molecule has 0 aromatic rings. The van der Waals surface area contributed by atoms with Crippen LogP contribution in [0.15, 0.2) is 11.6 Å². The zero-order chi connectivity index (χ0) is 27.6. The highest BCUT2D eigenvalue weighted by Gasteiger charge is 2.71. The van der Waals surface area contributed by atoms with E-state index in [9.17, 15) is 41.4 Å². The molecule has 0 aliphatic heterocycles. The highest BCUT2D eigenvalue weighted by atomic mass is 19.4. The number of hydrogen-bond donors (Lipinski definition) is 3. The van der Waals surface area contributed by atoms with E-state index < -0.39 is 47.8 Å². The number of alkyl halides is 6. The highest BCUT2D eigenvalue weighted by Crippen LogP contribution is 2.67. The molecule has 8 atom stereocenters. The van der Waals surface area contributed by atoms with E-state index >= 15 is 0 Å². The number of aliphatic hydroxyl groups is 2. The fourth-order valence-electron chi connectivity index (χ4n) is 8.47. The SMILES string of the molecule is C[C@]12CC[C@H]3[C@@H](CC=C4C[C@@H](OC(=O)CN)CC[C@@]43C)[C@@H]1CC[C@@H]2[C@@H](O)CC(O)(C(F)(F)F)C(F)(F)F. The molecule has 0 heterocycles. The van der Waals surface area contributed by atoms with Crippen LogP contribution >= 0.6 is 0 Å². The molecule has 37 heavy (non-hydrogen) atoms. The van der Waals surface area contributed by atoms with Gasteiger partial charge in [-0.2, -0.15) is 26.3 Å². The highest BCUT2D eigenvalue weighted by molar-refractivity contribution is 5.71. The summed E-state index contributed by atoms with van der Waals surface area (Å²) in [6.07, 6.45) is -8.47. The predicted octanol–water partition coefficient (Wildman–Crippen LogP) is 5.04. The van der Waals surface area contributed by atoms with Gasteiger partial charge in [-0.15, -0.1) is 0 Å². The third kappa shape index (κ3) is 4.60. The third-order valence-corrected chi connectivity index (χ3v) is 10.5. The summed E-state index contributed by atoms with van der Waals surface area (Å²) in [5.41, 5.74) is 0.937. The standard InChI is InChI=1S/C26H37F6NO4/c1-22-9-7-15(37-21(35)13-33)11-14(22)3-4-16-17-5-6-19(23(17,2)10-8-18(16)22)20(34)12-24(36,25(27,28)29)26(30,31)32/h3,15-20,34,36H,4-13,33H2,1-2H3/t15-,16-,17-,18-,19+,20-,22-,23-/m0/s1. The van der Waals surface area contributed by atoms with Crippen molar-refractivity contribution in [1.29, 1.82) is 0 Å². The van der Waals surface area contributed by atoms with Gasteiger partial charge in [-0.1, -0.05) is 25.5 Å². The molecule has 11 heteroatoms. The average molecular weight is 542 g/mol. The van der Waals surface area contributed by atoms with E-state index in [1.54, 1.807) is 0 Å². The van der Waals surface area contributed by atoms with Crippen molar-refractivity contribution < 1.29 is 46.1 Å². The van der Waals surface area contributed by atoms with Crippen LogP contribution in [-0.2, 0) is 9.53 Å². The van der Waals surface area contributed by atoms with Gasteiger partial charge in [-0.3, -0.25) is 4.79 Å². The summed E-state index contributed by atoms with van der Waals surface area (Å²) in [5.74, 6) is -0.640. The molecule has 4 aliphatic rings. The van der Waals surface area contributed by atoms with Crippen molar-refractivity contribution in [2.24, 2.45) is 40.2 Å². The maximum Gasteiger partial charge on any atom is 0.426 e. The van der Waals surface area contributed by atoms with Gasteiger partial charge in [0.15, 0.2) is 0 Å². The minimum Gasteiger partial charge on any atom is -0.461 e. The maximum atomic E-state index is 13.3. The predicted molar refractivity (Wildman–Crippen MR) is 122 cm³/mol. The maximum absolute atomic E-state index is 13.3. The molecule has 0 amide bonds. The molecule has 0 radical (unpaired) electrons. The number of nitrogens with two attached hydrogens (primary N) is 1. The Morgan fingerprint density at radius 1 is 1.08 bits per heavy atom. The van der Waals surface area contributed by atoms with Crippen LogP contribution in [-0.4, -0.2) is 52.9 Å². The van der Waals surface area contributed by atoms with Gasteiger partial charge in [0.05, 0.1) is 12.6 Å². The molecule has 0 unspecified atom stereocenters. The molecule has 4 rings (SSSR count). The Hall–Kier alpha value is -1.33. The molecule has 0 aromatic heterocycles. The lowest BCUT2D eigenvalue weighted by atomic mass is 9.47. The quantitative estimate of drug-likeness (QED) is 0.258. The molecule has 0 bridgehead atoms. The van der Waals surface area contributed by atoms with Gasteiger partial charge in [-0.25, -0.2) is 0 Å². The Bertz CT molecular complexity index is 906. The largest absolute Gasteiger partial charge is 0.461 e. The van der Waals surface area contributed by atoms with Crippen LogP contribution in [0.1, 0.15) is 71.6 Å². The zero-order valence-corrected chi connectivity index (χ0v) is 21.2. The van der Waals surface area contributed by atoms with Crippen molar-refractivity contribution in [3.63, 3.8) is 0 Å². The Balaban J connectivity index is 1.52. The molecule has 0 spiro atoms. The van der Waals surface area contributed by atoms with Crippen molar-refractivity contribution >= 4 is 5.97 Å². The van der Waals surface area contributed by atoms with Crippen LogP contribution in [0.3, 0.4) is 0 Å². The Morgan fingerprint density at radius 3 is 2.32 bits per heavy atom. The first-order chi connectivity index (χ1) is 17.0. The lowest BCUT2D eigenvalue weighted by Gasteiger charge is -2.58. The van der Waals surface area contributed by atoms with Gasteiger partial charge in [0.1, 0.15) is 6.10 Å². The van der Waals surface area contributed by atoms with E-state index in [2.05, 4.69) is 13.0 Å². The second-order valence-electron chi connectivity index (χ2n) is 12.2. The summed E-state index contributed by atoms with van der Waals surface area (Å²) in [5, 5.41) is 20.4. The van der Waals surface area contributed by atoms with E-state index in [0.29, 0.717) is 38.0 Å². The molecule has 3 fully saturated rings. The molecule has 0 aromatic carbocycles. The van der Waals surface area contributed by atoms with Crippen LogP contribution in [0.4, 0.5) is 26.3 Å². The molecule has 3 saturated carbocycles. The molecule has 4 N–H and O–H groups in total. The van der Waals surface area contributed by atoms with Gasteiger partial charge in [0, 0.05) is 12.8 Å². The van der Waals surface area contributed by atoms with Gasteiger partial charge in [0.25, 0.3) is 5.60 Å². The zero-order valence-electron chi connectivity index (χ0n) is 21.2. The van der Waals surface area contributed by atoms with Crippen LogP contribution in [0, 0.1) is 34.5 Å². The van der Waals surface area contributed by atoms with E-state index in [4.69, 9.17) is 10.5 Å². The minimum atomic E-state index is -5.95. The molecule has 4 aliphatic carbocycles. The average Bonchev–Trinajstić information content (AvgIpc) is 3.15. The first-order valence-corrected chi connectivity index (χ1v) is 13.1. The monoisotopic (exact) mass is 541 g/mol. The van der Waals surface area contributed by atoms with Crippen LogP contribution in [0.2, 0.25) is 0 Å². The van der Waals surface area contributed by atoms with E-state index in [0.717, 1.165) is 19.3 Å². The second-order valence-corrected chi connectivity index (χ2v) is 12.2. The summed E-state index contributed by atoms with van der Waals surface area (Å²) in [6, 6.07) is 0. The van der Waals surface area contributed by atoms with E-state index in [1.165, 1.54) is 5.57 Å². The number of halogens is 6. The van der Waals surface area contributed by atoms with E-state index in [-0.39, 0.29) is 29.9 Å². The van der Waals surface area contributed by atoms with Crippen molar-refractivity contribution in [2.75, 3.05) is 6.54 Å². The van der Waals surface area contributed by atoms with Gasteiger partial charge >= 0.3 is 18.3 Å². The fraction of sp³-hybridized carbons (Fsp3) is 0.885. The number of carbonyl (C=O) groups excluding carboxylic acids is 1. The number of rotatable bonds is 5. The lowest BCUT2D eigenvalue weighted by molar-refractivity contribution is -0.375. The van der Waals surface area contributed by atoms with Crippen LogP contribution < -0.4 is 5.73 Å². The lowest BCUT2D eigenvalue weighted by Crippen LogP contribution is -2.59. The van der Waals surface area contributed by atoms with Crippen molar-refractivity contribution in [2.45, 2.75) is 102 Å². The number of fused-ring (bicyclic) bond motifs is 5. The Kier molecular flexibility index (Phi) is 7.28. The van der Waals surface area contributed by atoms with Crippen molar-refractivity contribution in [3.8, 4) is 0 Å². The molecule has 5 nitrogen and oxygen atoms in total. The number of carbonyl (C=O) groups is 1. The van der Waals surface area contributed by atoms with Gasteiger partial charge < -0.3 is 20.7 Å². The summed E-state index contributed by atoms with van der Waals surface area (Å²) >= 11 is 0. The number of aliphatic hydroxyl groups excluding tert-OH is 1. The number of hydrogen-bond acceptors (Lipinski definition) is 5. The number of esters is 1. The number of allylic oxidation sites excluding steroid dienone is 1. The molecular weight excluding hydrogens is 504 g/mol. The van der Waals surface area contributed by atoms with Crippen molar-refractivity contribution in [3.05, 3.63) is 11.6 Å². The minimum absolute atomic E-state index is 0.0539. The molecule has 212 valence electrons. The first kappa shape index (κ1) is 28.7. The Labute approximate surface area is 212 Å².